The molecule has 0 aromatic heterocycles. The first-order valence-corrected chi connectivity index (χ1v) is 7.45. The first kappa shape index (κ1) is 17.1. The lowest BCUT2D eigenvalue weighted by atomic mass is 10.2. The first-order valence-electron chi connectivity index (χ1n) is 6.69. The molecule has 23 heavy (non-hydrogen) atoms. The Morgan fingerprint density at radius 2 is 1.91 bits per heavy atom. The molecule has 0 atom stereocenters. The van der Waals surface area contributed by atoms with E-state index in [-0.39, 0.29) is 18.4 Å². The lowest BCUT2D eigenvalue weighted by Gasteiger charge is -2.09. The monoisotopic (exact) mass is 352 g/mol. The van der Waals surface area contributed by atoms with Crippen molar-refractivity contribution in [1.29, 1.82) is 0 Å². The van der Waals surface area contributed by atoms with Crippen LogP contribution >= 0.6 is 23.2 Å². The molecule has 0 bridgehead atoms. The smallest absolute Gasteiger partial charge is 0.262 e. The second-order valence-corrected chi connectivity index (χ2v) is 5.42. The third-order valence-corrected chi connectivity index (χ3v) is 3.42. The molecule has 0 radical (unpaired) electrons. The van der Waals surface area contributed by atoms with E-state index in [0.717, 1.165) is 0 Å². The molecule has 120 valence electrons. The first-order chi connectivity index (χ1) is 11.0. The molecular formula is C16H14Cl2N2O3. The molecule has 7 heteroatoms. The van der Waals surface area contributed by atoms with Crippen LogP contribution in [0.4, 0.5) is 5.69 Å². The summed E-state index contributed by atoms with van der Waals surface area (Å²) in [7, 11) is 1.54. The van der Waals surface area contributed by atoms with Gasteiger partial charge in [-0.2, -0.15) is 0 Å². The van der Waals surface area contributed by atoms with E-state index in [9.17, 15) is 9.59 Å². The van der Waals surface area contributed by atoms with Gasteiger partial charge in [0.15, 0.2) is 6.61 Å². The molecule has 2 aromatic carbocycles. The zero-order chi connectivity index (χ0) is 16.8. The van der Waals surface area contributed by atoms with Gasteiger partial charge >= 0.3 is 0 Å². The quantitative estimate of drug-likeness (QED) is 0.866. The van der Waals surface area contributed by atoms with Crippen LogP contribution in [0.25, 0.3) is 0 Å². The third-order valence-electron chi connectivity index (χ3n) is 2.89. The van der Waals surface area contributed by atoms with Gasteiger partial charge < -0.3 is 15.4 Å². The fraction of sp³-hybridized carbons (Fsp3) is 0.125. The van der Waals surface area contributed by atoms with Crippen LogP contribution in [0.15, 0.2) is 42.5 Å². The molecule has 0 spiro atoms. The standard InChI is InChI=1S/C16H14Cl2N2O3/c1-19-16(22)10-3-2-4-12(7-10)20-15(21)9-23-14-6-5-11(17)8-13(14)18/h2-8H,9H2,1H3,(H,19,22)(H,20,21). The summed E-state index contributed by atoms with van der Waals surface area (Å²) in [6.45, 7) is -0.217. The zero-order valence-corrected chi connectivity index (χ0v) is 13.7. The summed E-state index contributed by atoms with van der Waals surface area (Å²) in [5.41, 5.74) is 0.953. The highest BCUT2D eigenvalue weighted by atomic mass is 35.5. The number of carbonyl (C=O) groups excluding carboxylic acids is 2. The molecule has 2 amide bonds. The molecular weight excluding hydrogens is 339 g/mol. The maximum absolute atomic E-state index is 11.9. The number of ether oxygens (including phenoxy) is 1. The maximum Gasteiger partial charge on any atom is 0.262 e. The van der Waals surface area contributed by atoms with E-state index >= 15 is 0 Å². The van der Waals surface area contributed by atoms with Crippen molar-refractivity contribution in [3.05, 3.63) is 58.1 Å². The van der Waals surface area contributed by atoms with Crippen molar-refractivity contribution in [2.45, 2.75) is 0 Å². The topological polar surface area (TPSA) is 67.4 Å². The number of amides is 2. The maximum atomic E-state index is 11.9. The molecule has 0 unspecified atom stereocenters. The van der Waals surface area contributed by atoms with Gasteiger partial charge in [0.25, 0.3) is 11.8 Å². The number of rotatable bonds is 5. The van der Waals surface area contributed by atoms with Gasteiger partial charge in [-0.1, -0.05) is 29.3 Å². The van der Waals surface area contributed by atoms with Gasteiger partial charge in [0.2, 0.25) is 0 Å². The average Bonchev–Trinajstić information content (AvgIpc) is 2.53. The minimum Gasteiger partial charge on any atom is -0.482 e. The fourth-order valence-electron chi connectivity index (χ4n) is 1.82. The summed E-state index contributed by atoms with van der Waals surface area (Å²) in [6, 6.07) is 11.3. The van der Waals surface area contributed by atoms with Crippen molar-refractivity contribution >= 4 is 40.7 Å². The van der Waals surface area contributed by atoms with Crippen molar-refractivity contribution in [3.8, 4) is 5.75 Å². The average molecular weight is 353 g/mol. The lowest BCUT2D eigenvalue weighted by molar-refractivity contribution is -0.118. The predicted octanol–water partition coefficient (Wildman–Crippen LogP) is 3.37. The van der Waals surface area contributed by atoms with Gasteiger partial charge in [-0.25, -0.2) is 0 Å². The van der Waals surface area contributed by atoms with Crippen molar-refractivity contribution < 1.29 is 14.3 Å². The van der Waals surface area contributed by atoms with Crippen molar-refractivity contribution in [2.24, 2.45) is 0 Å². The highest BCUT2D eigenvalue weighted by Gasteiger charge is 2.09. The normalized spacial score (nSPS) is 10.0. The zero-order valence-electron chi connectivity index (χ0n) is 12.2. The van der Waals surface area contributed by atoms with Gasteiger partial charge in [0.1, 0.15) is 5.75 Å². The SMILES string of the molecule is CNC(=O)c1cccc(NC(=O)COc2ccc(Cl)cc2Cl)c1. The Morgan fingerprint density at radius 3 is 2.61 bits per heavy atom. The number of halogens is 2. The fourth-order valence-corrected chi connectivity index (χ4v) is 2.28. The predicted molar refractivity (Wildman–Crippen MR) is 90.4 cm³/mol. The Labute approximate surface area is 143 Å². The summed E-state index contributed by atoms with van der Waals surface area (Å²) >= 11 is 11.7. The van der Waals surface area contributed by atoms with E-state index in [0.29, 0.717) is 27.0 Å². The van der Waals surface area contributed by atoms with Gasteiger partial charge in [-0.15, -0.1) is 0 Å². The van der Waals surface area contributed by atoms with E-state index in [1.807, 2.05) is 0 Å². The Hall–Kier alpha value is -2.24. The minimum absolute atomic E-state index is 0.217. The Balaban J connectivity index is 1.96. The van der Waals surface area contributed by atoms with E-state index in [4.69, 9.17) is 27.9 Å². The molecule has 0 saturated heterocycles. The van der Waals surface area contributed by atoms with Gasteiger partial charge in [-0.3, -0.25) is 9.59 Å². The van der Waals surface area contributed by atoms with Crippen LogP contribution in [0.1, 0.15) is 10.4 Å². The number of hydrogen-bond acceptors (Lipinski definition) is 3. The number of nitrogens with one attached hydrogen (secondary N) is 2. The lowest BCUT2D eigenvalue weighted by Crippen LogP contribution is -2.21. The molecule has 0 saturated carbocycles. The molecule has 5 nitrogen and oxygen atoms in total. The van der Waals surface area contributed by atoms with Gasteiger partial charge in [-0.05, 0) is 36.4 Å². The second kappa shape index (κ2) is 7.85. The summed E-state index contributed by atoms with van der Waals surface area (Å²) in [5.74, 6) is -0.235. The molecule has 0 aliphatic rings. The highest BCUT2D eigenvalue weighted by molar-refractivity contribution is 6.35. The number of carbonyl (C=O) groups is 2. The van der Waals surface area contributed by atoms with Crippen LogP contribution in [0.2, 0.25) is 10.0 Å². The van der Waals surface area contributed by atoms with E-state index < -0.39 is 0 Å². The largest absolute Gasteiger partial charge is 0.482 e. The number of hydrogen-bond donors (Lipinski definition) is 2. The third kappa shape index (κ3) is 4.87. The molecule has 2 rings (SSSR count). The Bertz CT molecular complexity index is 735. The van der Waals surface area contributed by atoms with Crippen molar-refractivity contribution in [1.82, 2.24) is 5.32 Å². The van der Waals surface area contributed by atoms with Gasteiger partial charge in [0.05, 0.1) is 5.02 Å². The Morgan fingerprint density at radius 1 is 1.13 bits per heavy atom. The molecule has 0 aliphatic carbocycles. The van der Waals surface area contributed by atoms with E-state index in [1.165, 1.54) is 13.1 Å². The van der Waals surface area contributed by atoms with Crippen LogP contribution < -0.4 is 15.4 Å². The van der Waals surface area contributed by atoms with Crippen molar-refractivity contribution in [3.63, 3.8) is 0 Å². The number of anilines is 1. The van der Waals surface area contributed by atoms with Crippen LogP contribution in [-0.2, 0) is 4.79 Å². The summed E-state index contributed by atoms with van der Waals surface area (Å²) in [4.78, 5) is 23.5. The molecule has 2 aromatic rings. The van der Waals surface area contributed by atoms with Crippen LogP contribution in [0.3, 0.4) is 0 Å². The summed E-state index contributed by atoms with van der Waals surface area (Å²) in [5, 5.41) is 5.98. The van der Waals surface area contributed by atoms with E-state index in [1.54, 1.807) is 36.4 Å². The van der Waals surface area contributed by atoms with E-state index in [2.05, 4.69) is 10.6 Å². The van der Waals surface area contributed by atoms with Crippen LogP contribution in [-0.4, -0.2) is 25.5 Å². The summed E-state index contributed by atoms with van der Waals surface area (Å²) in [6.07, 6.45) is 0. The minimum atomic E-state index is -0.370. The highest BCUT2D eigenvalue weighted by Crippen LogP contribution is 2.27. The molecule has 0 heterocycles. The molecule has 2 N–H and O–H groups in total. The van der Waals surface area contributed by atoms with Gasteiger partial charge in [0, 0.05) is 23.3 Å². The van der Waals surface area contributed by atoms with Crippen LogP contribution in [0.5, 0.6) is 5.75 Å². The molecule has 0 aliphatic heterocycles. The number of benzene rings is 2. The summed E-state index contributed by atoms with van der Waals surface area (Å²) < 4.78 is 5.34. The van der Waals surface area contributed by atoms with Crippen LogP contribution in [0, 0.1) is 0 Å². The second-order valence-electron chi connectivity index (χ2n) is 4.57. The Kier molecular flexibility index (Phi) is 5.84. The molecule has 0 fully saturated rings. The van der Waals surface area contributed by atoms with Crippen molar-refractivity contribution in [2.75, 3.05) is 19.0 Å².